The Labute approximate surface area is 123 Å². The van der Waals surface area contributed by atoms with Crippen molar-refractivity contribution in [1.29, 1.82) is 0 Å². The van der Waals surface area contributed by atoms with Gasteiger partial charge >= 0.3 is 0 Å². The molecule has 0 fully saturated rings. The normalized spacial score (nSPS) is 13.3. The maximum atomic E-state index is 12.1. The highest BCUT2D eigenvalue weighted by Crippen LogP contribution is 2.17. The largest absolute Gasteiger partial charge is 0.389 e. The minimum atomic E-state index is -3.52. The Kier molecular flexibility index (Phi) is 4.59. The molecule has 0 aliphatic rings. The quantitative estimate of drug-likeness (QED) is 0.892. The fraction of sp³-hybridized carbons (Fsp3) is 0.286. The van der Waals surface area contributed by atoms with Crippen LogP contribution in [0.4, 0.5) is 0 Å². The molecule has 0 aliphatic heterocycles. The first-order valence-electron chi connectivity index (χ1n) is 6.19. The molecule has 20 heavy (non-hydrogen) atoms. The third-order valence-electron chi connectivity index (χ3n) is 3.09. The van der Waals surface area contributed by atoms with E-state index in [1.807, 2.05) is 17.7 Å². The Bertz CT molecular complexity index is 673. The molecule has 108 valence electrons. The molecule has 4 nitrogen and oxygen atoms in total. The highest BCUT2D eigenvalue weighted by molar-refractivity contribution is 7.89. The summed E-state index contributed by atoms with van der Waals surface area (Å²) in [6.45, 7) is 3.88. The average molecular weight is 311 g/mol. The van der Waals surface area contributed by atoms with E-state index in [1.165, 1.54) is 12.1 Å². The van der Waals surface area contributed by atoms with Crippen LogP contribution < -0.4 is 4.72 Å². The van der Waals surface area contributed by atoms with Gasteiger partial charge in [-0.2, -0.15) is 11.3 Å². The maximum Gasteiger partial charge on any atom is 0.240 e. The SMILES string of the molecule is Cc1cscc1CNS(=O)(=O)c1ccc(C(C)O)cc1. The Morgan fingerprint density at radius 1 is 1.25 bits per heavy atom. The van der Waals surface area contributed by atoms with Crippen molar-refractivity contribution in [1.82, 2.24) is 4.72 Å². The molecule has 0 saturated heterocycles. The van der Waals surface area contributed by atoms with Gasteiger partial charge in [0.05, 0.1) is 11.0 Å². The second kappa shape index (κ2) is 6.05. The summed E-state index contributed by atoms with van der Waals surface area (Å²) in [5.41, 5.74) is 2.76. The van der Waals surface area contributed by atoms with Crippen LogP contribution >= 0.6 is 11.3 Å². The van der Waals surface area contributed by atoms with E-state index in [0.29, 0.717) is 5.56 Å². The second-order valence-electron chi connectivity index (χ2n) is 4.65. The van der Waals surface area contributed by atoms with Crippen molar-refractivity contribution in [2.45, 2.75) is 31.4 Å². The van der Waals surface area contributed by atoms with Crippen molar-refractivity contribution < 1.29 is 13.5 Å². The summed E-state index contributed by atoms with van der Waals surface area (Å²) in [4.78, 5) is 0.204. The van der Waals surface area contributed by atoms with Gasteiger partial charge in [0.25, 0.3) is 0 Å². The fourth-order valence-electron chi connectivity index (χ4n) is 1.75. The third-order valence-corrected chi connectivity index (χ3v) is 5.41. The first-order chi connectivity index (χ1) is 9.40. The van der Waals surface area contributed by atoms with Crippen LogP contribution in [0.15, 0.2) is 39.9 Å². The van der Waals surface area contributed by atoms with Crippen molar-refractivity contribution in [3.8, 4) is 0 Å². The van der Waals surface area contributed by atoms with Gasteiger partial charge in [0, 0.05) is 6.54 Å². The van der Waals surface area contributed by atoms with Gasteiger partial charge in [0.1, 0.15) is 0 Å². The summed E-state index contributed by atoms with van der Waals surface area (Å²) in [6.07, 6.45) is -0.604. The number of aliphatic hydroxyl groups excluding tert-OH is 1. The molecule has 1 heterocycles. The molecule has 0 amide bonds. The molecule has 1 unspecified atom stereocenters. The molecule has 2 rings (SSSR count). The lowest BCUT2D eigenvalue weighted by molar-refractivity contribution is 0.199. The van der Waals surface area contributed by atoms with Gasteiger partial charge in [0.2, 0.25) is 10.0 Å². The number of rotatable bonds is 5. The van der Waals surface area contributed by atoms with E-state index in [2.05, 4.69) is 4.72 Å². The second-order valence-corrected chi connectivity index (χ2v) is 7.16. The van der Waals surface area contributed by atoms with Gasteiger partial charge in [-0.25, -0.2) is 13.1 Å². The zero-order chi connectivity index (χ0) is 14.8. The summed E-state index contributed by atoms with van der Waals surface area (Å²) in [5.74, 6) is 0. The Balaban J connectivity index is 2.12. The smallest absolute Gasteiger partial charge is 0.240 e. The zero-order valence-corrected chi connectivity index (χ0v) is 13.0. The number of benzene rings is 1. The van der Waals surface area contributed by atoms with Gasteiger partial charge in [0.15, 0.2) is 0 Å². The molecule has 0 saturated carbocycles. The molecule has 0 aliphatic carbocycles. The highest BCUT2D eigenvalue weighted by Gasteiger charge is 2.14. The van der Waals surface area contributed by atoms with E-state index in [0.717, 1.165) is 11.1 Å². The number of aliphatic hydroxyl groups is 1. The van der Waals surface area contributed by atoms with Gasteiger partial charge in [-0.15, -0.1) is 0 Å². The van der Waals surface area contributed by atoms with Gasteiger partial charge in [-0.3, -0.25) is 0 Å². The van der Waals surface area contributed by atoms with E-state index in [1.54, 1.807) is 30.4 Å². The van der Waals surface area contributed by atoms with Crippen LogP contribution in [0.5, 0.6) is 0 Å². The third kappa shape index (κ3) is 3.46. The molecule has 2 aromatic rings. The molecule has 1 aromatic heterocycles. The Hall–Kier alpha value is -1.21. The van der Waals surface area contributed by atoms with E-state index >= 15 is 0 Å². The Morgan fingerprint density at radius 3 is 2.40 bits per heavy atom. The lowest BCUT2D eigenvalue weighted by atomic mass is 10.1. The number of hydrogen-bond donors (Lipinski definition) is 2. The van der Waals surface area contributed by atoms with Crippen molar-refractivity contribution >= 4 is 21.4 Å². The summed E-state index contributed by atoms with van der Waals surface area (Å²) in [5, 5.41) is 13.3. The summed E-state index contributed by atoms with van der Waals surface area (Å²) >= 11 is 1.56. The van der Waals surface area contributed by atoms with Crippen LogP contribution in [0.1, 0.15) is 29.7 Å². The molecule has 1 atom stereocenters. The molecule has 0 spiro atoms. The average Bonchev–Trinajstić information content (AvgIpc) is 2.82. The highest BCUT2D eigenvalue weighted by atomic mass is 32.2. The molecular formula is C14H17NO3S2. The van der Waals surface area contributed by atoms with Gasteiger partial charge in [-0.05, 0) is 53.4 Å². The summed E-state index contributed by atoms with van der Waals surface area (Å²) < 4.78 is 26.9. The van der Waals surface area contributed by atoms with Crippen molar-refractivity contribution in [3.05, 3.63) is 51.7 Å². The van der Waals surface area contributed by atoms with E-state index in [9.17, 15) is 13.5 Å². The maximum absolute atomic E-state index is 12.1. The monoisotopic (exact) mass is 311 g/mol. The molecule has 2 N–H and O–H groups in total. The van der Waals surface area contributed by atoms with E-state index < -0.39 is 16.1 Å². The number of thiophene rings is 1. The topological polar surface area (TPSA) is 66.4 Å². The first kappa shape index (κ1) is 15.2. The predicted molar refractivity (Wildman–Crippen MR) is 80.2 cm³/mol. The van der Waals surface area contributed by atoms with Crippen LogP contribution in [-0.4, -0.2) is 13.5 Å². The molecular weight excluding hydrogens is 294 g/mol. The number of hydrogen-bond acceptors (Lipinski definition) is 4. The van der Waals surface area contributed by atoms with Crippen LogP contribution in [-0.2, 0) is 16.6 Å². The van der Waals surface area contributed by atoms with Crippen molar-refractivity contribution in [2.24, 2.45) is 0 Å². The van der Waals surface area contributed by atoms with E-state index in [-0.39, 0.29) is 11.4 Å². The number of aryl methyl sites for hydroxylation is 1. The molecule has 6 heteroatoms. The van der Waals surface area contributed by atoms with Crippen molar-refractivity contribution in [2.75, 3.05) is 0 Å². The minimum Gasteiger partial charge on any atom is -0.389 e. The first-order valence-corrected chi connectivity index (χ1v) is 8.62. The molecule has 1 aromatic carbocycles. The number of sulfonamides is 1. The minimum absolute atomic E-state index is 0.204. The van der Waals surface area contributed by atoms with Crippen LogP contribution in [0.2, 0.25) is 0 Å². The van der Waals surface area contributed by atoms with E-state index in [4.69, 9.17) is 0 Å². The molecule has 0 radical (unpaired) electrons. The van der Waals surface area contributed by atoms with Gasteiger partial charge in [-0.1, -0.05) is 12.1 Å². The Morgan fingerprint density at radius 2 is 1.90 bits per heavy atom. The van der Waals surface area contributed by atoms with Crippen LogP contribution in [0, 0.1) is 6.92 Å². The zero-order valence-electron chi connectivity index (χ0n) is 11.3. The number of nitrogens with one attached hydrogen (secondary N) is 1. The lowest BCUT2D eigenvalue weighted by Gasteiger charge is -2.09. The standard InChI is InChI=1S/C14H17NO3S2/c1-10-8-19-9-13(10)7-15-20(17,18)14-5-3-12(4-6-14)11(2)16/h3-6,8-9,11,15-16H,7H2,1-2H3. The van der Waals surface area contributed by atoms with Gasteiger partial charge < -0.3 is 5.11 Å². The molecule has 0 bridgehead atoms. The summed E-state index contributed by atoms with van der Waals surface area (Å²) in [6, 6.07) is 6.25. The predicted octanol–water partition coefficient (Wildman–Crippen LogP) is 2.59. The van der Waals surface area contributed by atoms with Crippen LogP contribution in [0.3, 0.4) is 0 Å². The fourth-order valence-corrected chi connectivity index (χ4v) is 3.61. The van der Waals surface area contributed by atoms with Crippen molar-refractivity contribution in [3.63, 3.8) is 0 Å². The van der Waals surface area contributed by atoms with Crippen LogP contribution in [0.25, 0.3) is 0 Å². The lowest BCUT2D eigenvalue weighted by Crippen LogP contribution is -2.23. The summed E-state index contributed by atoms with van der Waals surface area (Å²) in [7, 11) is -3.52.